The van der Waals surface area contributed by atoms with Crippen LogP contribution in [0.2, 0.25) is 0 Å². The van der Waals surface area contributed by atoms with E-state index in [1.807, 2.05) is 0 Å². The van der Waals surface area contributed by atoms with Crippen LogP contribution in [-0.2, 0) is 6.18 Å². The van der Waals surface area contributed by atoms with Gasteiger partial charge in [-0.3, -0.25) is 4.98 Å². The fourth-order valence-electron chi connectivity index (χ4n) is 2.78. The lowest BCUT2D eigenvalue weighted by atomic mass is 10.1. The SMILES string of the molecule is COc1ccc(-c2ccc3ncc(-c4cncc(C(F)(F)F)c4)n3n2)cc1F. The zero-order valence-corrected chi connectivity index (χ0v) is 14.4. The van der Waals surface area contributed by atoms with Gasteiger partial charge in [-0.2, -0.15) is 18.3 Å². The molecule has 1 aromatic carbocycles. The van der Waals surface area contributed by atoms with E-state index in [2.05, 4.69) is 15.1 Å². The maximum Gasteiger partial charge on any atom is 0.417 e. The molecule has 0 aliphatic carbocycles. The molecule has 0 saturated carbocycles. The van der Waals surface area contributed by atoms with Crippen LogP contribution in [0.1, 0.15) is 5.56 Å². The van der Waals surface area contributed by atoms with Crippen LogP contribution in [0.5, 0.6) is 5.75 Å². The fourth-order valence-corrected chi connectivity index (χ4v) is 2.78. The molecule has 3 heterocycles. The monoisotopic (exact) mass is 388 g/mol. The largest absolute Gasteiger partial charge is 0.494 e. The zero-order chi connectivity index (χ0) is 19.9. The first kappa shape index (κ1) is 17.9. The summed E-state index contributed by atoms with van der Waals surface area (Å²) >= 11 is 0. The third-order valence-corrected chi connectivity index (χ3v) is 4.17. The van der Waals surface area contributed by atoms with E-state index in [-0.39, 0.29) is 11.3 Å². The minimum absolute atomic E-state index is 0.100. The van der Waals surface area contributed by atoms with Crippen LogP contribution in [-0.4, -0.2) is 26.7 Å². The van der Waals surface area contributed by atoms with Gasteiger partial charge in [-0.25, -0.2) is 13.9 Å². The van der Waals surface area contributed by atoms with Crippen LogP contribution in [0.15, 0.2) is 55.0 Å². The molecule has 0 radical (unpaired) electrons. The number of ether oxygens (including phenoxy) is 1. The number of alkyl halides is 3. The van der Waals surface area contributed by atoms with Gasteiger partial charge in [0, 0.05) is 23.5 Å². The van der Waals surface area contributed by atoms with E-state index in [1.165, 1.54) is 36.2 Å². The number of benzene rings is 1. The van der Waals surface area contributed by atoms with E-state index in [0.29, 0.717) is 22.6 Å². The molecule has 0 spiro atoms. The van der Waals surface area contributed by atoms with Crippen molar-refractivity contribution >= 4 is 5.65 Å². The van der Waals surface area contributed by atoms with Crippen molar-refractivity contribution in [2.24, 2.45) is 0 Å². The Kier molecular flexibility index (Phi) is 4.21. The number of methoxy groups -OCH3 is 1. The first-order valence-corrected chi connectivity index (χ1v) is 8.08. The van der Waals surface area contributed by atoms with E-state index in [0.717, 1.165) is 12.3 Å². The average molecular weight is 388 g/mol. The number of halogens is 4. The number of hydrogen-bond donors (Lipinski definition) is 0. The summed E-state index contributed by atoms with van der Waals surface area (Å²) in [5.74, 6) is -0.446. The molecule has 4 aromatic rings. The molecule has 0 saturated heterocycles. The quantitative estimate of drug-likeness (QED) is 0.481. The first-order valence-electron chi connectivity index (χ1n) is 8.08. The lowest BCUT2D eigenvalue weighted by Crippen LogP contribution is -2.06. The Morgan fingerprint density at radius 3 is 2.50 bits per heavy atom. The summed E-state index contributed by atoms with van der Waals surface area (Å²) in [5, 5.41) is 4.41. The molecule has 0 aliphatic rings. The highest BCUT2D eigenvalue weighted by atomic mass is 19.4. The Balaban J connectivity index is 1.82. The first-order chi connectivity index (χ1) is 13.4. The minimum Gasteiger partial charge on any atom is -0.494 e. The van der Waals surface area contributed by atoms with Gasteiger partial charge in [0.15, 0.2) is 17.2 Å². The van der Waals surface area contributed by atoms with E-state index in [4.69, 9.17) is 4.74 Å². The molecule has 3 aromatic heterocycles. The van der Waals surface area contributed by atoms with Gasteiger partial charge < -0.3 is 4.74 Å². The highest BCUT2D eigenvalue weighted by Gasteiger charge is 2.31. The van der Waals surface area contributed by atoms with E-state index >= 15 is 0 Å². The number of rotatable bonds is 3. The fraction of sp³-hybridized carbons (Fsp3) is 0.105. The lowest BCUT2D eigenvalue weighted by molar-refractivity contribution is -0.137. The van der Waals surface area contributed by atoms with Crippen molar-refractivity contribution < 1.29 is 22.3 Å². The Labute approximate surface area is 156 Å². The van der Waals surface area contributed by atoms with Crippen molar-refractivity contribution in [3.63, 3.8) is 0 Å². The summed E-state index contributed by atoms with van der Waals surface area (Å²) in [6.45, 7) is 0. The van der Waals surface area contributed by atoms with E-state index < -0.39 is 17.6 Å². The van der Waals surface area contributed by atoms with Crippen LogP contribution in [0.4, 0.5) is 17.6 Å². The molecular weight excluding hydrogens is 376 g/mol. The molecule has 0 N–H and O–H groups in total. The number of aromatic nitrogens is 4. The van der Waals surface area contributed by atoms with Gasteiger partial charge in [-0.05, 0) is 36.4 Å². The molecule has 4 rings (SSSR count). The molecule has 0 bridgehead atoms. The molecule has 142 valence electrons. The second-order valence-electron chi connectivity index (χ2n) is 5.94. The smallest absolute Gasteiger partial charge is 0.417 e. The predicted molar refractivity (Wildman–Crippen MR) is 93.2 cm³/mol. The van der Waals surface area contributed by atoms with Crippen molar-refractivity contribution in [1.29, 1.82) is 0 Å². The van der Waals surface area contributed by atoms with Gasteiger partial charge in [0.1, 0.15) is 0 Å². The molecule has 0 unspecified atom stereocenters. The van der Waals surface area contributed by atoms with E-state index in [1.54, 1.807) is 18.2 Å². The van der Waals surface area contributed by atoms with Crippen molar-refractivity contribution in [1.82, 2.24) is 19.6 Å². The molecular formula is C19H12F4N4O. The topological polar surface area (TPSA) is 52.3 Å². The third kappa shape index (κ3) is 3.15. The van der Waals surface area contributed by atoms with Crippen LogP contribution in [0, 0.1) is 5.82 Å². The van der Waals surface area contributed by atoms with Crippen LogP contribution in [0.25, 0.3) is 28.2 Å². The summed E-state index contributed by atoms with van der Waals surface area (Å²) < 4.78 is 59.3. The van der Waals surface area contributed by atoms with Crippen molar-refractivity contribution in [3.05, 3.63) is 66.4 Å². The maximum absolute atomic E-state index is 14.0. The number of fused-ring (bicyclic) bond motifs is 1. The summed E-state index contributed by atoms with van der Waals surface area (Å²) in [7, 11) is 1.36. The molecule has 5 nitrogen and oxygen atoms in total. The number of nitrogens with zero attached hydrogens (tertiary/aromatic N) is 4. The number of pyridine rings is 1. The van der Waals surface area contributed by atoms with Gasteiger partial charge in [0.2, 0.25) is 0 Å². The van der Waals surface area contributed by atoms with Gasteiger partial charge in [-0.15, -0.1) is 0 Å². The zero-order valence-electron chi connectivity index (χ0n) is 14.4. The second-order valence-corrected chi connectivity index (χ2v) is 5.94. The van der Waals surface area contributed by atoms with Crippen LogP contribution in [0.3, 0.4) is 0 Å². The summed E-state index contributed by atoms with van der Waals surface area (Å²) in [6.07, 6.45) is -1.04. The molecule has 0 atom stereocenters. The van der Waals surface area contributed by atoms with E-state index in [9.17, 15) is 17.6 Å². The second kappa shape index (κ2) is 6.59. The summed E-state index contributed by atoms with van der Waals surface area (Å²) in [4.78, 5) is 7.84. The lowest BCUT2D eigenvalue weighted by Gasteiger charge is -2.09. The Morgan fingerprint density at radius 1 is 0.964 bits per heavy atom. The standard InChI is InChI=1S/C19H12F4N4O/c1-28-17-4-2-11(7-14(17)20)15-3-5-18-25-10-16(27(18)26-15)12-6-13(9-24-8-12)19(21,22)23/h2-10H,1H3. The van der Waals surface area contributed by atoms with Gasteiger partial charge in [0.05, 0.1) is 30.3 Å². The Bertz CT molecular complexity index is 1170. The number of hydrogen-bond acceptors (Lipinski definition) is 4. The summed E-state index contributed by atoms with van der Waals surface area (Å²) in [5.41, 5.74) is 1.03. The van der Waals surface area contributed by atoms with Gasteiger partial charge >= 0.3 is 6.18 Å². The minimum atomic E-state index is -4.51. The molecule has 0 aliphatic heterocycles. The Hall–Kier alpha value is -3.49. The molecule has 0 fully saturated rings. The van der Waals surface area contributed by atoms with Crippen molar-refractivity contribution in [2.45, 2.75) is 6.18 Å². The highest BCUT2D eigenvalue weighted by Crippen LogP contribution is 2.32. The summed E-state index contributed by atoms with van der Waals surface area (Å²) in [6, 6.07) is 8.67. The van der Waals surface area contributed by atoms with Crippen molar-refractivity contribution in [3.8, 4) is 28.3 Å². The highest BCUT2D eigenvalue weighted by molar-refractivity contribution is 5.66. The van der Waals surface area contributed by atoms with Gasteiger partial charge in [-0.1, -0.05) is 0 Å². The third-order valence-electron chi connectivity index (χ3n) is 4.17. The molecule has 28 heavy (non-hydrogen) atoms. The average Bonchev–Trinajstić information content (AvgIpc) is 3.10. The van der Waals surface area contributed by atoms with Crippen LogP contribution >= 0.6 is 0 Å². The number of imidazole rings is 1. The molecule has 9 heteroatoms. The molecule has 0 amide bonds. The predicted octanol–water partition coefficient (Wildman–Crippen LogP) is 4.62. The Morgan fingerprint density at radius 2 is 1.79 bits per heavy atom. The maximum atomic E-state index is 14.0. The van der Waals surface area contributed by atoms with Crippen LogP contribution < -0.4 is 4.74 Å². The normalized spacial score (nSPS) is 11.8. The van der Waals surface area contributed by atoms with Crippen molar-refractivity contribution in [2.75, 3.05) is 7.11 Å². The van der Waals surface area contributed by atoms with Gasteiger partial charge in [0.25, 0.3) is 0 Å².